The Morgan fingerprint density at radius 1 is 0.812 bits per heavy atom. The van der Waals surface area contributed by atoms with E-state index in [2.05, 4.69) is 25.8 Å². The molecule has 0 radical (unpaired) electrons. The number of nitrogens with zero attached hydrogens (tertiary/aromatic N) is 2. The number of aromatic nitrogens is 1. The van der Waals surface area contributed by atoms with Gasteiger partial charge >= 0.3 is 6.03 Å². The third-order valence-corrected chi connectivity index (χ3v) is 5.38. The third-order valence-electron chi connectivity index (χ3n) is 5.38. The molecule has 0 saturated carbocycles. The highest BCUT2D eigenvalue weighted by Crippen LogP contribution is 2.17. The summed E-state index contributed by atoms with van der Waals surface area (Å²) in [4.78, 5) is 31.4. The van der Waals surface area contributed by atoms with E-state index < -0.39 is 0 Å². The number of rotatable bonds is 6. The lowest BCUT2D eigenvalue weighted by Gasteiger charge is -2.27. The Labute approximate surface area is 187 Å². The van der Waals surface area contributed by atoms with Crippen molar-refractivity contribution in [3.63, 3.8) is 0 Å². The van der Waals surface area contributed by atoms with Crippen LogP contribution in [0.3, 0.4) is 0 Å². The van der Waals surface area contributed by atoms with Crippen molar-refractivity contribution in [1.29, 1.82) is 0 Å². The first-order valence-electron chi connectivity index (χ1n) is 10.9. The van der Waals surface area contributed by atoms with Gasteiger partial charge in [0.05, 0.1) is 0 Å². The number of urea groups is 1. The molecule has 164 valence electrons. The van der Waals surface area contributed by atoms with Crippen molar-refractivity contribution in [3.05, 3.63) is 84.1 Å². The number of amides is 3. The van der Waals surface area contributed by atoms with Gasteiger partial charge in [-0.2, -0.15) is 0 Å². The predicted molar refractivity (Wildman–Crippen MR) is 127 cm³/mol. The third kappa shape index (κ3) is 5.85. The van der Waals surface area contributed by atoms with Crippen molar-refractivity contribution in [1.82, 2.24) is 10.3 Å². The molecule has 2 aromatic carbocycles. The molecule has 1 aromatic heterocycles. The average Bonchev–Trinajstić information content (AvgIpc) is 2.84. The molecule has 1 aliphatic heterocycles. The highest BCUT2D eigenvalue weighted by Gasteiger charge is 2.12. The lowest BCUT2D eigenvalue weighted by molar-refractivity contribution is 0.0951. The van der Waals surface area contributed by atoms with Crippen molar-refractivity contribution >= 4 is 29.1 Å². The van der Waals surface area contributed by atoms with Gasteiger partial charge in [-0.3, -0.25) is 4.79 Å². The first-order valence-corrected chi connectivity index (χ1v) is 10.9. The van der Waals surface area contributed by atoms with Crippen LogP contribution in [0.1, 0.15) is 35.2 Å². The summed E-state index contributed by atoms with van der Waals surface area (Å²) in [6.07, 6.45) is 5.54. The van der Waals surface area contributed by atoms with Gasteiger partial charge in [0.2, 0.25) is 0 Å². The molecule has 1 saturated heterocycles. The molecule has 0 aliphatic carbocycles. The van der Waals surface area contributed by atoms with Crippen molar-refractivity contribution in [2.75, 3.05) is 28.6 Å². The van der Waals surface area contributed by atoms with Gasteiger partial charge in [-0.25, -0.2) is 9.78 Å². The van der Waals surface area contributed by atoms with Crippen molar-refractivity contribution in [2.24, 2.45) is 0 Å². The number of carbonyl (C=O) groups excluding carboxylic acids is 2. The lowest BCUT2D eigenvalue weighted by atomic mass is 10.1. The highest BCUT2D eigenvalue weighted by molar-refractivity contribution is 6.00. The summed E-state index contributed by atoms with van der Waals surface area (Å²) in [5.74, 6) is 0.824. The SMILES string of the molecule is O=C(Nc1ccccc1)Nc1ccc(C(=O)NCc2ccc(N3CCCCC3)nc2)cc1. The number of nitrogens with one attached hydrogen (secondary N) is 3. The minimum Gasteiger partial charge on any atom is -0.357 e. The highest BCUT2D eigenvalue weighted by atomic mass is 16.2. The zero-order valence-electron chi connectivity index (χ0n) is 17.9. The zero-order valence-corrected chi connectivity index (χ0v) is 17.9. The predicted octanol–water partition coefficient (Wildman–Crippen LogP) is 4.65. The van der Waals surface area contributed by atoms with Crippen LogP contribution in [0, 0.1) is 0 Å². The minimum absolute atomic E-state index is 0.176. The second-order valence-electron chi connectivity index (χ2n) is 7.78. The van der Waals surface area contributed by atoms with Crippen LogP contribution in [-0.2, 0) is 6.54 Å². The number of benzene rings is 2. The average molecular weight is 430 g/mol. The zero-order chi connectivity index (χ0) is 22.2. The van der Waals surface area contributed by atoms with E-state index in [-0.39, 0.29) is 11.9 Å². The molecule has 3 amide bonds. The van der Waals surface area contributed by atoms with Gasteiger partial charge in [-0.05, 0) is 67.3 Å². The van der Waals surface area contributed by atoms with Crippen LogP contribution in [0.5, 0.6) is 0 Å². The van der Waals surface area contributed by atoms with Crippen molar-refractivity contribution < 1.29 is 9.59 Å². The molecule has 0 bridgehead atoms. The summed E-state index contributed by atoms with van der Waals surface area (Å²) >= 11 is 0. The smallest absolute Gasteiger partial charge is 0.323 e. The van der Waals surface area contributed by atoms with Gasteiger partial charge in [-0.1, -0.05) is 24.3 Å². The van der Waals surface area contributed by atoms with Crippen molar-refractivity contribution in [3.8, 4) is 0 Å². The molecule has 1 fully saturated rings. The maximum atomic E-state index is 12.5. The van der Waals surface area contributed by atoms with Gasteiger partial charge in [-0.15, -0.1) is 0 Å². The Morgan fingerprint density at radius 3 is 2.16 bits per heavy atom. The largest absolute Gasteiger partial charge is 0.357 e. The standard InChI is InChI=1S/C25H27N5O2/c31-24(27-18-19-9-14-23(26-17-19)30-15-5-2-6-16-30)20-10-12-22(13-11-20)29-25(32)28-21-7-3-1-4-8-21/h1,3-4,7-14,17H,2,5-6,15-16,18H2,(H,27,31)(H2,28,29,32). The number of para-hydroxylation sites is 1. The van der Waals surface area contributed by atoms with E-state index >= 15 is 0 Å². The van der Waals surface area contributed by atoms with Gasteiger partial charge in [0.25, 0.3) is 5.91 Å². The fraction of sp³-hybridized carbons (Fsp3) is 0.240. The van der Waals surface area contributed by atoms with E-state index in [4.69, 9.17) is 0 Å². The number of carbonyl (C=O) groups is 2. The normalized spacial score (nSPS) is 13.3. The number of piperidine rings is 1. The molecule has 7 heteroatoms. The molecule has 4 rings (SSSR count). The van der Waals surface area contributed by atoms with E-state index in [1.165, 1.54) is 19.3 Å². The second-order valence-corrected chi connectivity index (χ2v) is 7.78. The van der Waals surface area contributed by atoms with Crippen molar-refractivity contribution in [2.45, 2.75) is 25.8 Å². The lowest BCUT2D eigenvalue weighted by Crippen LogP contribution is -2.30. The number of anilines is 3. The van der Waals surface area contributed by atoms with Crippen LogP contribution in [-0.4, -0.2) is 30.0 Å². The molecule has 7 nitrogen and oxygen atoms in total. The second kappa shape index (κ2) is 10.4. The molecule has 0 atom stereocenters. The first kappa shape index (κ1) is 21.4. The van der Waals surface area contributed by atoms with E-state index in [9.17, 15) is 9.59 Å². The Bertz CT molecular complexity index is 1030. The van der Waals surface area contributed by atoms with Gasteiger partial charge in [0.15, 0.2) is 0 Å². The molecule has 3 aromatic rings. The Hall–Kier alpha value is -3.87. The number of hydrogen-bond acceptors (Lipinski definition) is 4. The van der Waals surface area contributed by atoms with E-state index in [1.807, 2.05) is 48.7 Å². The molecule has 0 unspecified atom stereocenters. The molecule has 32 heavy (non-hydrogen) atoms. The van der Waals surface area contributed by atoms with Gasteiger partial charge < -0.3 is 20.9 Å². The molecular weight excluding hydrogens is 402 g/mol. The Kier molecular flexibility index (Phi) is 6.97. The summed E-state index contributed by atoms with van der Waals surface area (Å²) in [6.45, 7) is 2.52. The minimum atomic E-state index is -0.339. The van der Waals surface area contributed by atoms with Gasteiger partial charge in [0.1, 0.15) is 5.82 Å². The fourth-order valence-corrected chi connectivity index (χ4v) is 3.64. The number of pyridine rings is 1. The van der Waals surface area contributed by atoms with Gasteiger partial charge in [0, 0.05) is 42.8 Å². The Morgan fingerprint density at radius 2 is 1.50 bits per heavy atom. The molecule has 3 N–H and O–H groups in total. The van der Waals surface area contributed by atoms with Crippen LogP contribution >= 0.6 is 0 Å². The van der Waals surface area contributed by atoms with Crippen LogP contribution < -0.4 is 20.9 Å². The van der Waals surface area contributed by atoms with Crippen LogP contribution in [0.4, 0.5) is 22.0 Å². The topological polar surface area (TPSA) is 86.4 Å². The van der Waals surface area contributed by atoms with E-state index in [0.29, 0.717) is 23.5 Å². The summed E-state index contributed by atoms with van der Waals surface area (Å²) < 4.78 is 0. The van der Waals surface area contributed by atoms with Crippen LogP contribution in [0.2, 0.25) is 0 Å². The Balaban J connectivity index is 1.26. The number of hydrogen-bond donors (Lipinski definition) is 3. The fourth-order valence-electron chi connectivity index (χ4n) is 3.64. The summed E-state index contributed by atoms with van der Waals surface area (Å²) in [5, 5.41) is 8.42. The van der Waals surface area contributed by atoms with Crippen LogP contribution in [0.15, 0.2) is 72.9 Å². The molecular formula is C25H27N5O2. The summed E-state index contributed by atoms with van der Waals surface area (Å²) in [5.41, 5.74) is 2.79. The first-order chi connectivity index (χ1) is 15.7. The van der Waals surface area contributed by atoms with Crippen LogP contribution in [0.25, 0.3) is 0 Å². The maximum absolute atomic E-state index is 12.5. The van der Waals surface area contributed by atoms with E-state index in [1.54, 1.807) is 24.3 Å². The maximum Gasteiger partial charge on any atom is 0.323 e. The van der Waals surface area contributed by atoms with E-state index in [0.717, 1.165) is 24.5 Å². The molecule has 1 aliphatic rings. The summed E-state index contributed by atoms with van der Waals surface area (Å²) in [7, 11) is 0. The molecule has 2 heterocycles. The summed E-state index contributed by atoms with van der Waals surface area (Å²) in [6, 6.07) is 19.7. The monoisotopic (exact) mass is 429 g/mol. The molecule has 0 spiro atoms. The quantitative estimate of drug-likeness (QED) is 0.533.